The zero-order valence-electron chi connectivity index (χ0n) is 10.7. The molecule has 0 bridgehead atoms. The van der Waals surface area contributed by atoms with Crippen molar-refractivity contribution in [2.75, 3.05) is 5.73 Å². The maximum Gasteiger partial charge on any atom is 0.258 e. The zero-order valence-corrected chi connectivity index (χ0v) is 10.7. The van der Waals surface area contributed by atoms with Crippen LogP contribution in [0.2, 0.25) is 0 Å². The fourth-order valence-electron chi connectivity index (χ4n) is 1.94. The van der Waals surface area contributed by atoms with Gasteiger partial charge in [0.1, 0.15) is 18.0 Å². The van der Waals surface area contributed by atoms with E-state index in [0.29, 0.717) is 22.8 Å². The van der Waals surface area contributed by atoms with Crippen LogP contribution >= 0.6 is 0 Å². The highest BCUT2D eigenvalue weighted by Gasteiger charge is 2.03. The molecule has 0 amide bonds. The normalized spacial score (nSPS) is 10.6. The van der Waals surface area contributed by atoms with Crippen molar-refractivity contribution in [3.63, 3.8) is 0 Å². The number of anilines is 1. The van der Waals surface area contributed by atoms with Crippen LogP contribution in [0.3, 0.4) is 0 Å². The Kier molecular flexibility index (Phi) is 3.09. The van der Waals surface area contributed by atoms with E-state index in [0.717, 1.165) is 0 Å². The van der Waals surface area contributed by atoms with Crippen LogP contribution in [-0.2, 0) is 6.61 Å². The molecule has 100 valence electrons. The predicted octanol–water partition coefficient (Wildman–Crippen LogP) is 1.86. The Balaban J connectivity index is 1.86. The first-order valence-corrected chi connectivity index (χ1v) is 6.18. The molecule has 5 nitrogen and oxygen atoms in total. The Labute approximate surface area is 115 Å². The van der Waals surface area contributed by atoms with Crippen molar-refractivity contribution in [2.45, 2.75) is 6.61 Å². The Hall–Kier alpha value is -2.82. The van der Waals surface area contributed by atoms with Crippen molar-refractivity contribution in [3.8, 4) is 5.75 Å². The van der Waals surface area contributed by atoms with Gasteiger partial charge in [-0.3, -0.25) is 9.20 Å². The second-order valence-electron chi connectivity index (χ2n) is 4.38. The van der Waals surface area contributed by atoms with Gasteiger partial charge in [-0.1, -0.05) is 12.1 Å². The third-order valence-corrected chi connectivity index (χ3v) is 2.87. The molecular formula is C15H13N3O2. The molecule has 0 radical (unpaired) electrons. The first-order valence-electron chi connectivity index (χ1n) is 6.18. The summed E-state index contributed by atoms with van der Waals surface area (Å²) in [4.78, 5) is 16.3. The molecule has 0 saturated heterocycles. The van der Waals surface area contributed by atoms with E-state index >= 15 is 0 Å². The van der Waals surface area contributed by atoms with Gasteiger partial charge in [0.2, 0.25) is 0 Å². The van der Waals surface area contributed by atoms with E-state index in [4.69, 9.17) is 10.5 Å². The highest BCUT2D eigenvalue weighted by Crippen LogP contribution is 2.15. The maximum absolute atomic E-state index is 11.9. The lowest BCUT2D eigenvalue weighted by Crippen LogP contribution is -2.16. The molecule has 3 aromatic rings. The van der Waals surface area contributed by atoms with E-state index in [2.05, 4.69) is 4.98 Å². The molecule has 2 aromatic heterocycles. The van der Waals surface area contributed by atoms with Crippen molar-refractivity contribution in [3.05, 3.63) is 70.8 Å². The molecule has 0 aliphatic heterocycles. The van der Waals surface area contributed by atoms with Crippen molar-refractivity contribution < 1.29 is 4.74 Å². The van der Waals surface area contributed by atoms with Gasteiger partial charge in [0.15, 0.2) is 0 Å². The van der Waals surface area contributed by atoms with Crippen LogP contribution in [0, 0.1) is 0 Å². The average molecular weight is 267 g/mol. The molecule has 0 unspecified atom stereocenters. The molecule has 2 heterocycles. The molecule has 0 atom stereocenters. The standard InChI is InChI=1S/C15H13N3O2/c16-11-4-3-5-13(8-11)20-10-12-9-15(19)18-7-2-1-6-14(18)17-12/h1-9H,10,16H2. The monoisotopic (exact) mass is 267 g/mol. The summed E-state index contributed by atoms with van der Waals surface area (Å²) in [5, 5.41) is 0. The van der Waals surface area contributed by atoms with Gasteiger partial charge in [-0.25, -0.2) is 4.98 Å². The number of hydrogen-bond acceptors (Lipinski definition) is 4. The second kappa shape index (κ2) is 5.05. The Bertz CT molecular complexity index is 811. The number of aromatic nitrogens is 2. The Morgan fingerprint density at radius 1 is 1.15 bits per heavy atom. The molecule has 20 heavy (non-hydrogen) atoms. The fraction of sp³-hybridized carbons (Fsp3) is 0.0667. The Morgan fingerprint density at radius 3 is 2.90 bits per heavy atom. The molecular weight excluding hydrogens is 254 g/mol. The number of rotatable bonds is 3. The summed E-state index contributed by atoms with van der Waals surface area (Å²) >= 11 is 0. The number of pyridine rings is 1. The number of ether oxygens (including phenoxy) is 1. The average Bonchev–Trinajstić information content (AvgIpc) is 2.45. The van der Waals surface area contributed by atoms with Crippen LogP contribution in [0.1, 0.15) is 5.69 Å². The molecule has 2 N–H and O–H groups in total. The molecule has 0 saturated carbocycles. The van der Waals surface area contributed by atoms with Gasteiger partial charge < -0.3 is 10.5 Å². The summed E-state index contributed by atoms with van der Waals surface area (Å²) in [5.41, 5.74) is 7.38. The van der Waals surface area contributed by atoms with Gasteiger partial charge in [-0.2, -0.15) is 0 Å². The summed E-state index contributed by atoms with van der Waals surface area (Å²) in [6, 6.07) is 14.0. The lowest BCUT2D eigenvalue weighted by Gasteiger charge is -2.07. The maximum atomic E-state index is 11.9. The zero-order chi connectivity index (χ0) is 13.9. The molecule has 0 fully saturated rings. The molecule has 5 heteroatoms. The highest BCUT2D eigenvalue weighted by molar-refractivity contribution is 5.43. The molecule has 0 aliphatic rings. The minimum absolute atomic E-state index is 0.123. The summed E-state index contributed by atoms with van der Waals surface area (Å²) in [7, 11) is 0. The molecule has 0 spiro atoms. The van der Waals surface area contributed by atoms with Gasteiger partial charge in [0, 0.05) is 24.0 Å². The van der Waals surface area contributed by atoms with Crippen LogP contribution in [0.25, 0.3) is 5.65 Å². The minimum atomic E-state index is -0.123. The lowest BCUT2D eigenvalue weighted by molar-refractivity contribution is 0.301. The number of fused-ring (bicyclic) bond motifs is 1. The Morgan fingerprint density at radius 2 is 2.05 bits per heavy atom. The predicted molar refractivity (Wildman–Crippen MR) is 76.6 cm³/mol. The van der Waals surface area contributed by atoms with E-state index < -0.39 is 0 Å². The summed E-state index contributed by atoms with van der Waals surface area (Å²) in [6.45, 7) is 0.226. The summed E-state index contributed by atoms with van der Waals surface area (Å²) in [5.74, 6) is 0.653. The smallest absolute Gasteiger partial charge is 0.258 e. The molecule has 3 rings (SSSR count). The van der Waals surface area contributed by atoms with Gasteiger partial charge in [-0.05, 0) is 24.3 Å². The van der Waals surface area contributed by atoms with E-state index in [1.54, 1.807) is 30.5 Å². The number of nitrogens with two attached hydrogens (primary N) is 1. The van der Waals surface area contributed by atoms with E-state index in [9.17, 15) is 4.79 Å². The van der Waals surface area contributed by atoms with E-state index in [1.807, 2.05) is 18.2 Å². The SMILES string of the molecule is Nc1cccc(OCc2cc(=O)n3ccccc3n2)c1. The summed E-state index contributed by atoms with van der Waals surface area (Å²) in [6.07, 6.45) is 1.69. The van der Waals surface area contributed by atoms with Gasteiger partial charge in [0.05, 0.1) is 5.69 Å². The third-order valence-electron chi connectivity index (χ3n) is 2.87. The van der Waals surface area contributed by atoms with Crippen LogP contribution in [-0.4, -0.2) is 9.38 Å². The first kappa shape index (κ1) is 12.2. The number of nitrogens with zero attached hydrogens (tertiary/aromatic N) is 2. The molecule has 0 aliphatic carbocycles. The van der Waals surface area contributed by atoms with Crippen molar-refractivity contribution >= 4 is 11.3 Å². The van der Waals surface area contributed by atoms with Crippen molar-refractivity contribution in [1.29, 1.82) is 0 Å². The van der Waals surface area contributed by atoms with Crippen LogP contribution in [0.5, 0.6) is 5.75 Å². The minimum Gasteiger partial charge on any atom is -0.487 e. The second-order valence-corrected chi connectivity index (χ2v) is 4.38. The number of nitrogen functional groups attached to an aromatic ring is 1. The summed E-state index contributed by atoms with van der Waals surface area (Å²) < 4.78 is 7.08. The largest absolute Gasteiger partial charge is 0.487 e. The van der Waals surface area contributed by atoms with Gasteiger partial charge in [0.25, 0.3) is 5.56 Å². The van der Waals surface area contributed by atoms with Crippen molar-refractivity contribution in [2.24, 2.45) is 0 Å². The van der Waals surface area contributed by atoms with E-state index in [1.165, 1.54) is 10.5 Å². The number of hydrogen-bond donors (Lipinski definition) is 1. The quantitative estimate of drug-likeness (QED) is 0.735. The fourth-order valence-corrected chi connectivity index (χ4v) is 1.94. The van der Waals surface area contributed by atoms with E-state index in [-0.39, 0.29) is 12.2 Å². The van der Waals surface area contributed by atoms with Gasteiger partial charge >= 0.3 is 0 Å². The first-order chi connectivity index (χ1) is 9.72. The topological polar surface area (TPSA) is 69.6 Å². The number of benzene rings is 1. The van der Waals surface area contributed by atoms with Crippen LogP contribution < -0.4 is 16.0 Å². The third kappa shape index (κ3) is 2.47. The molecule has 1 aromatic carbocycles. The lowest BCUT2D eigenvalue weighted by atomic mass is 10.3. The van der Waals surface area contributed by atoms with Crippen molar-refractivity contribution in [1.82, 2.24) is 9.38 Å². The van der Waals surface area contributed by atoms with Gasteiger partial charge in [-0.15, -0.1) is 0 Å². The van der Waals surface area contributed by atoms with Crippen LogP contribution in [0.15, 0.2) is 59.5 Å². The van der Waals surface area contributed by atoms with Crippen LogP contribution in [0.4, 0.5) is 5.69 Å². The highest BCUT2D eigenvalue weighted by atomic mass is 16.5.